The third kappa shape index (κ3) is 4.15. The van der Waals surface area contributed by atoms with E-state index in [2.05, 4.69) is 25.5 Å². The van der Waals surface area contributed by atoms with E-state index >= 15 is 0 Å². The summed E-state index contributed by atoms with van der Waals surface area (Å²) < 4.78 is 1.84. The van der Waals surface area contributed by atoms with Gasteiger partial charge in [0, 0.05) is 31.2 Å². The molecule has 3 aromatic rings. The minimum atomic E-state index is -0.373. The van der Waals surface area contributed by atoms with Crippen molar-refractivity contribution >= 4 is 35.1 Å². The Balaban J connectivity index is 1.68. The maximum Gasteiger partial charge on any atom is 0.238 e. The normalized spacial score (nSPS) is 12.0. The molecule has 9 heteroatoms. The molecule has 1 amide bonds. The Morgan fingerprint density at radius 2 is 2.12 bits per heavy atom. The highest BCUT2D eigenvalue weighted by molar-refractivity contribution is 8.00. The Hall–Kier alpha value is -2.45. The molecule has 0 aliphatic carbocycles. The number of nitrogens with one attached hydrogen (secondary N) is 1. The van der Waals surface area contributed by atoms with Crippen LogP contribution in [0, 0.1) is 0 Å². The minimum absolute atomic E-state index is 0.175. The van der Waals surface area contributed by atoms with E-state index in [4.69, 9.17) is 11.6 Å². The summed E-state index contributed by atoms with van der Waals surface area (Å²) in [4.78, 5) is 20.5. The lowest BCUT2D eigenvalue weighted by atomic mass is 10.3. The number of rotatable bonds is 5. The molecule has 1 N–H and O–H groups in total. The van der Waals surface area contributed by atoms with E-state index in [0.29, 0.717) is 21.8 Å². The van der Waals surface area contributed by atoms with Crippen molar-refractivity contribution in [3.63, 3.8) is 0 Å². The van der Waals surface area contributed by atoms with Gasteiger partial charge >= 0.3 is 0 Å². The summed E-state index contributed by atoms with van der Waals surface area (Å²) in [7, 11) is 1.86. The zero-order valence-corrected chi connectivity index (χ0v) is 15.1. The first-order chi connectivity index (χ1) is 12.0. The van der Waals surface area contributed by atoms with Gasteiger partial charge in [-0.3, -0.25) is 9.78 Å². The van der Waals surface area contributed by atoms with Crippen LogP contribution >= 0.6 is 23.4 Å². The molecule has 0 saturated heterocycles. The van der Waals surface area contributed by atoms with Crippen LogP contribution in [0.5, 0.6) is 0 Å². The van der Waals surface area contributed by atoms with Gasteiger partial charge in [-0.05, 0) is 31.2 Å². The molecule has 0 aliphatic heterocycles. The van der Waals surface area contributed by atoms with Crippen molar-refractivity contribution in [2.45, 2.75) is 17.3 Å². The zero-order chi connectivity index (χ0) is 17.8. The number of amides is 1. The van der Waals surface area contributed by atoms with Crippen LogP contribution in [-0.2, 0) is 11.8 Å². The van der Waals surface area contributed by atoms with Gasteiger partial charge in [-0.15, -0.1) is 10.2 Å². The van der Waals surface area contributed by atoms with Crippen LogP contribution < -0.4 is 5.32 Å². The Morgan fingerprint density at radius 1 is 1.28 bits per heavy atom. The lowest BCUT2D eigenvalue weighted by molar-refractivity contribution is -0.115. The van der Waals surface area contributed by atoms with Crippen molar-refractivity contribution in [2.24, 2.45) is 7.05 Å². The molecular weight excluding hydrogens is 360 g/mol. The van der Waals surface area contributed by atoms with Gasteiger partial charge in [0.1, 0.15) is 5.82 Å². The first-order valence-electron chi connectivity index (χ1n) is 7.43. The summed E-state index contributed by atoms with van der Waals surface area (Å²) >= 11 is 7.11. The number of carbonyl (C=O) groups is 1. The smallest absolute Gasteiger partial charge is 0.238 e. The lowest BCUT2D eigenvalue weighted by Crippen LogP contribution is -2.23. The molecule has 7 nitrogen and oxygen atoms in total. The number of carbonyl (C=O) groups excluding carboxylic acids is 1. The molecule has 3 heterocycles. The van der Waals surface area contributed by atoms with Crippen LogP contribution in [0.2, 0.25) is 5.02 Å². The summed E-state index contributed by atoms with van der Waals surface area (Å²) in [6, 6.07) is 7.07. The predicted octanol–water partition coefficient (Wildman–Crippen LogP) is 3.04. The van der Waals surface area contributed by atoms with Crippen molar-refractivity contribution in [2.75, 3.05) is 5.32 Å². The Morgan fingerprint density at radius 3 is 2.80 bits per heavy atom. The second kappa shape index (κ2) is 7.62. The van der Waals surface area contributed by atoms with Gasteiger partial charge in [-0.2, -0.15) is 0 Å². The average molecular weight is 375 g/mol. The highest BCUT2D eigenvalue weighted by Crippen LogP contribution is 2.25. The van der Waals surface area contributed by atoms with Crippen molar-refractivity contribution in [3.05, 3.63) is 47.9 Å². The molecule has 3 aromatic heterocycles. The molecule has 0 radical (unpaired) electrons. The lowest BCUT2D eigenvalue weighted by Gasteiger charge is -2.11. The first-order valence-corrected chi connectivity index (χ1v) is 8.69. The number of hydrogen-bond donors (Lipinski definition) is 1. The van der Waals surface area contributed by atoms with E-state index in [1.54, 1.807) is 31.5 Å². The molecule has 0 unspecified atom stereocenters. The van der Waals surface area contributed by atoms with Gasteiger partial charge in [0.2, 0.25) is 5.91 Å². The molecule has 25 heavy (non-hydrogen) atoms. The fraction of sp³-hybridized carbons (Fsp3) is 0.188. The summed E-state index contributed by atoms with van der Waals surface area (Å²) in [5.41, 5.74) is 0.867. The summed E-state index contributed by atoms with van der Waals surface area (Å²) in [6.45, 7) is 1.80. The summed E-state index contributed by atoms with van der Waals surface area (Å²) in [5.74, 6) is 0.976. The quantitative estimate of drug-likeness (QED) is 0.691. The molecular formula is C16H15ClN6OS. The number of halogens is 1. The zero-order valence-electron chi connectivity index (χ0n) is 13.5. The Kier molecular flexibility index (Phi) is 5.30. The fourth-order valence-corrected chi connectivity index (χ4v) is 2.98. The molecule has 0 bridgehead atoms. The minimum Gasteiger partial charge on any atom is -0.310 e. The SMILES string of the molecule is C[C@H](Sc1nnc(-c2cccnc2)n1C)C(=O)Nc1ccc(Cl)cn1. The fourth-order valence-electron chi connectivity index (χ4n) is 2.05. The maximum absolute atomic E-state index is 12.3. The number of aromatic nitrogens is 5. The van der Waals surface area contributed by atoms with E-state index in [0.717, 1.165) is 5.56 Å². The first kappa shape index (κ1) is 17.4. The van der Waals surface area contributed by atoms with Crippen LogP contribution in [-0.4, -0.2) is 35.9 Å². The summed E-state index contributed by atoms with van der Waals surface area (Å²) in [6.07, 6.45) is 4.91. The number of thioether (sulfide) groups is 1. The van der Waals surface area contributed by atoms with Gasteiger partial charge in [-0.1, -0.05) is 23.4 Å². The third-order valence-electron chi connectivity index (χ3n) is 3.38. The molecule has 0 aliphatic rings. The van der Waals surface area contributed by atoms with Crippen LogP contribution in [0.4, 0.5) is 5.82 Å². The standard InChI is InChI=1S/C16H15ClN6OS/c1-10(15(24)20-13-6-5-12(17)9-19-13)25-16-22-21-14(23(16)2)11-4-3-7-18-8-11/h3-10H,1-2H3,(H,19,20,24)/t10-/m0/s1. The highest BCUT2D eigenvalue weighted by atomic mass is 35.5. The molecule has 1 atom stereocenters. The van der Waals surface area contributed by atoms with E-state index < -0.39 is 0 Å². The van der Waals surface area contributed by atoms with Gasteiger partial charge in [0.15, 0.2) is 11.0 Å². The monoisotopic (exact) mass is 374 g/mol. The van der Waals surface area contributed by atoms with Gasteiger partial charge in [0.05, 0.1) is 10.3 Å². The molecule has 0 saturated carbocycles. The maximum atomic E-state index is 12.3. The van der Waals surface area contributed by atoms with Gasteiger partial charge < -0.3 is 9.88 Å². The second-order valence-corrected chi connectivity index (χ2v) is 6.96. The Bertz CT molecular complexity index is 868. The van der Waals surface area contributed by atoms with Crippen molar-refractivity contribution < 1.29 is 4.79 Å². The average Bonchev–Trinajstić information content (AvgIpc) is 2.98. The molecule has 3 rings (SSSR count). The van der Waals surface area contributed by atoms with E-state index in [9.17, 15) is 4.79 Å². The third-order valence-corrected chi connectivity index (χ3v) is 4.74. The van der Waals surface area contributed by atoms with Crippen molar-refractivity contribution in [3.8, 4) is 11.4 Å². The highest BCUT2D eigenvalue weighted by Gasteiger charge is 2.19. The number of nitrogens with zero attached hydrogens (tertiary/aromatic N) is 5. The largest absolute Gasteiger partial charge is 0.310 e. The van der Waals surface area contributed by atoms with Crippen molar-refractivity contribution in [1.82, 2.24) is 24.7 Å². The van der Waals surface area contributed by atoms with Gasteiger partial charge in [0.25, 0.3) is 0 Å². The summed E-state index contributed by atoms with van der Waals surface area (Å²) in [5, 5.41) is 11.9. The van der Waals surface area contributed by atoms with Crippen LogP contribution in [0.25, 0.3) is 11.4 Å². The number of pyridine rings is 2. The molecule has 0 fully saturated rings. The number of anilines is 1. The predicted molar refractivity (Wildman–Crippen MR) is 97.4 cm³/mol. The van der Waals surface area contributed by atoms with Gasteiger partial charge in [-0.25, -0.2) is 4.98 Å². The Labute approximate surface area is 153 Å². The van der Waals surface area contributed by atoms with Crippen LogP contribution in [0.15, 0.2) is 48.0 Å². The van der Waals surface area contributed by atoms with E-state index in [1.807, 2.05) is 23.7 Å². The van der Waals surface area contributed by atoms with Crippen molar-refractivity contribution in [1.29, 1.82) is 0 Å². The van der Waals surface area contributed by atoms with Crippen LogP contribution in [0.3, 0.4) is 0 Å². The second-order valence-electron chi connectivity index (χ2n) is 5.22. The van der Waals surface area contributed by atoms with E-state index in [1.165, 1.54) is 18.0 Å². The van der Waals surface area contributed by atoms with E-state index in [-0.39, 0.29) is 11.2 Å². The molecule has 0 spiro atoms. The molecule has 0 aromatic carbocycles. The topological polar surface area (TPSA) is 85.6 Å². The van der Waals surface area contributed by atoms with Crippen LogP contribution in [0.1, 0.15) is 6.92 Å². The number of hydrogen-bond acceptors (Lipinski definition) is 6. The molecule has 128 valence electrons.